The molecule has 8 heteroatoms. The maximum Gasteiger partial charge on any atom is 0.358 e. The number of aromatic nitrogens is 1. The van der Waals surface area contributed by atoms with Crippen LogP contribution in [0.25, 0.3) is 10.2 Å². The summed E-state index contributed by atoms with van der Waals surface area (Å²) < 4.78 is 31.1. The van der Waals surface area contributed by atoms with Crippen LogP contribution >= 0.6 is 11.3 Å². The number of nitrogens with zero attached hydrogens (tertiary/aromatic N) is 2. The number of aryl methyl sites for hydroxylation is 1. The second-order valence-electron chi connectivity index (χ2n) is 7.38. The van der Waals surface area contributed by atoms with Crippen LogP contribution in [0.4, 0.5) is 0 Å². The Hall–Kier alpha value is -2.58. The van der Waals surface area contributed by atoms with Gasteiger partial charge in [0.15, 0.2) is 11.5 Å². The van der Waals surface area contributed by atoms with Gasteiger partial charge < -0.3 is 0 Å². The van der Waals surface area contributed by atoms with Gasteiger partial charge in [-0.15, -0.1) is 11.3 Å². The highest BCUT2D eigenvalue weighted by Gasteiger charge is 2.27. The molecule has 31 heavy (non-hydrogen) atoms. The van der Waals surface area contributed by atoms with Crippen LogP contribution in [-0.2, 0) is 19.2 Å². The number of carbonyl (C=O) groups excluding carboxylic acids is 1. The molecule has 2 aromatic carbocycles. The van der Waals surface area contributed by atoms with Crippen molar-refractivity contribution in [3.63, 3.8) is 0 Å². The fourth-order valence-electron chi connectivity index (χ4n) is 3.16. The van der Waals surface area contributed by atoms with Crippen LogP contribution in [0.5, 0.6) is 0 Å². The number of fused-ring (bicyclic) bond motifs is 1. The van der Waals surface area contributed by atoms with Gasteiger partial charge >= 0.3 is 10.1 Å². The van der Waals surface area contributed by atoms with Gasteiger partial charge in [0.1, 0.15) is 9.90 Å². The molecule has 1 atom stereocenters. The van der Waals surface area contributed by atoms with Gasteiger partial charge in [0.05, 0.1) is 10.2 Å². The van der Waals surface area contributed by atoms with Crippen molar-refractivity contribution in [2.75, 3.05) is 0 Å². The number of rotatable bonds is 10. The van der Waals surface area contributed by atoms with E-state index in [4.69, 9.17) is 4.28 Å². The average molecular weight is 459 g/mol. The van der Waals surface area contributed by atoms with Gasteiger partial charge in [-0.2, -0.15) is 8.42 Å². The predicted molar refractivity (Wildman–Crippen MR) is 124 cm³/mol. The largest absolute Gasteiger partial charge is 0.358 e. The molecule has 0 radical (unpaired) electrons. The number of unbranched alkanes of at least 4 members (excludes halogenated alkanes) is 1. The average Bonchev–Trinajstić information content (AvgIpc) is 3.18. The van der Waals surface area contributed by atoms with E-state index in [0.29, 0.717) is 17.8 Å². The highest BCUT2D eigenvalue weighted by Crippen LogP contribution is 2.25. The summed E-state index contributed by atoms with van der Waals surface area (Å²) in [6.45, 7) is 5.87. The lowest BCUT2D eigenvalue weighted by molar-refractivity contribution is -0.116. The number of ketones is 1. The summed E-state index contributed by atoms with van der Waals surface area (Å²) in [4.78, 5) is 17.8. The number of benzene rings is 2. The fourth-order valence-corrected chi connectivity index (χ4v) is 4.84. The molecule has 0 bridgehead atoms. The second-order valence-corrected chi connectivity index (χ2v) is 9.94. The van der Waals surface area contributed by atoms with Crippen molar-refractivity contribution in [3.8, 4) is 0 Å². The van der Waals surface area contributed by atoms with Crippen LogP contribution in [0, 0.1) is 12.8 Å². The van der Waals surface area contributed by atoms with Crippen LogP contribution in [0.15, 0.2) is 58.6 Å². The first-order valence-electron chi connectivity index (χ1n) is 10.3. The SMILES string of the molecule is CCCCC(CC)C(=O)/C(=N\OS(=O)(=O)c1ccc(C)cc1)c1nc2ccccc2s1. The molecule has 1 aromatic heterocycles. The number of oxime groups is 1. The lowest BCUT2D eigenvalue weighted by Crippen LogP contribution is -2.25. The Balaban J connectivity index is 2.00. The van der Waals surface area contributed by atoms with E-state index in [0.717, 1.165) is 28.6 Å². The van der Waals surface area contributed by atoms with Gasteiger partial charge in [-0.05, 0) is 44.0 Å². The minimum absolute atomic E-state index is 0.0176. The fraction of sp³-hybridized carbons (Fsp3) is 0.348. The molecule has 0 aliphatic rings. The summed E-state index contributed by atoms with van der Waals surface area (Å²) in [5.74, 6) is -0.509. The summed E-state index contributed by atoms with van der Waals surface area (Å²) in [5, 5.41) is 4.22. The molecule has 6 nitrogen and oxygen atoms in total. The van der Waals surface area contributed by atoms with Crippen LogP contribution < -0.4 is 0 Å². The van der Waals surface area contributed by atoms with Crippen LogP contribution in [0.3, 0.4) is 0 Å². The lowest BCUT2D eigenvalue weighted by atomic mass is 9.92. The molecule has 164 valence electrons. The molecule has 0 aliphatic carbocycles. The highest BCUT2D eigenvalue weighted by molar-refractivity contribution is 7.86. The highest BCUT2D eigenvalue weighted by atomic mass is 32.2. The Morgan fingerprint density at radius 3 is 2.48 bits per heavy atom. The summed E-state index contributed by atoms with van der Waals surface area (Å²) in [5.41, 5.74) is 1.61. The van der Waals surface area contributed by atoms with Gasteiger partial charge in [-0.3, -0.25) is 9.08 Å². The quantitative estimate of drug-likeness (QED) is 0.296. The molecule has 0 spiro atoms. The molecule has 0 amide bonds. The van der Waals surface area contributed by atoms with Crippen molar-refractivity contribution in [3.05, 3.63) is 59.1 Å². The van der Waals surface area contributed by atoms with Gasteiger partial charge in [0.25, 0.3) is 0 Å². The zero-order valence-electron chi connectivity index (χ0n) is 17.9. The van der Waals surface area contributed by atoms with E-state index in [1.165, 1.54) is 23.5 Å². The second kappa shape index (κ2) is 10.2. The van der Waals surface area contributed by atoms with Crippen LogP contribution in [-0.4, -0.2) is 24.9 Å². The van der Waals surface area contributed by atoms with Crippen molar-refractivity contribution >= 4 is 43.2 Å². The Bertz CT molecular complexity index is 1150. The van der Waals surface area contributed by atoms with Crippen molar-refractivity contribution in [2.24, 2.45) is 11.1 Å². The lowest BCUT2D eigenvalue weighted by Gasteiger charge is -2.13. The minimum Gasteiger partial charge on any atom is -0.292 e. The summed E-state index contributed by atoms with van der Waals surface area (Å²) in [6, 6.07) is 13.8. The van der Waals surface area contributed by atoms with E-state index in [2.05, 4.69) is 17.1 Å². The zero-order chi connectivity index (χ0) is 22.4. The van der Waals surface area contributed by atoms with E-state index in [-0.39, 0.29) is 22.3 Å². The molecule has 0 fully saturated rings. The van der Waals surface area contributed by atoms with Gasteiger partial charge in [0, 0.05) is 5.92 Å². The van der Waals surface area contributed by atoms with Crippen molar-refractivity contribution in [2.45, 2.75) is 51.3 Å². The minimum atomic E-state index is -4.16. The van der Waals surface area contributed by atoms with Gasteiger partial charge in [0.2, 0.25) is 0 Å². The van der Waals surface area contributed by atoms with Crippen LogP contribution in [0.2, 0.25) is 0 Å². The smallest absolute Gasteiger partial charge is 0.292 e. The molecule has 3 rings (SSSR count). The molecule has 1 heterocycles. The number of hydrogen-bond donors (Lipinski definition) is 0. The third-order valence-corrected chi connectivity index (χ3v) is 7.20. The van der Waals surface area contributed by atoms with Crippen LogP contribution in [0.1, 0.15) is 50.1 Å². The summed E-state index contributed by atoms with van der Waals surface area (Å²) >= 11 is 1.30. The van der Waals surface area contributed by atoms with E-state index < -0.39 is 10.1 Å². The topological polar surface area (TPSA) is 85.7 Å². The first-order chi connectivity index (χ1) is 14.9. The normalized spacial score (nSPS) is 13.3. The third kappa shape index (κ3) is 5.57. The maximum atomic E-state index is 13.3. The maximum absolute atomic E-state index is 13.3. The van der Waals surface area contributed by atoms with Crippen molar-refractivity contribution in [1.29, 1.82) is 0 Å². The Morgan fingerprint density at radius 1 is 1.13 bits per heavy atom. The van der Waals surface area contributed by atoms with E-state index in [1.54, 1.807) is 12.1 Å². The first-order valence-corrected chi connectivity index (χ1v) is 12.6. The first kappa shape index (κ1) is 23.1. The third-order valence-electron chi connectivity index (χ3n) is 5.04. The number of thiazole rings is 1. The van der Waals surface area contributed by atoms with E-state index in [9.17, 15) is 13.2 Å². The Kier molecular flexibility index (Phi) is 7.56. The number of Topliss-reactive ketones (excluding diaryl/α,β-unsaturated/α-hetero) is 1. The molecule has 3 aromatic rings. The molecule has 0 saturated heterocycles. The monoisotopic (exact) mass is 458 g/mol. The molecule has 0 aliphatic heterocycles. The van der Waals surface area contributed by atoms with Crippen molar-refractivity contribution in [1.82, 2.24) is 4.98 Å². The Labute approximate surface area is 187 Å². The summed E-state index contributed by atoms with van der Waals surface area (Å²) in [7, 11) is -4.16. The molecule has 0 saturated carbocycles. The number of para-hydroxylation sites is 1. The molecule has 0 N–H and O–H groups in total. The van der Waals surface area contributed by atoms with E-state index in [1.807, 2.05) is 38.1 Å². The predicted octanol–water partition coefficient (Wildman–Crippen LogP) is 5.50. The number of hydrogen-bond acceptors (Lipinski definition) is 7. The molecular formula is C23H26N2O4S2. The standard InChI is InChI=1S/C23H26N2O4S2/c1-4-6-9-17(5-2)22(26)21(23-24-19-10-7-8-11-20(19)30-23)25-29-31(27,28)18-14-12-16(3)13-15-18/h7-8,10-15,17H,4-6,9H2,1-3H3/b25-21+. The van der Waals surface area contributed by atoms with Gasteiger partial charge in [-0.1, -0.05) is 61.7 Å². The number of carbonyl (C=O) groups is 1. The molecular weight excluding hydrogens is 432 g/mol. The van der Waals surface area contributed by atoms with Gasteiger partial charge in [-0.25, -0.2) is 4.98 Å². The van der Waals surface area contributed by atoms with Crippen molar-refractivity contribution < 1.29 is 17.5 Å². The van der Waals surface area contributed by atoms with E-state index >= 15 is 0 Å². The summed E-state index contributed by atoms with van der Waals surface area (Å²) in [6.07, 6.45) is 3.21. The molecule has 1 unspecified atom stereocenters. The zero-order valence-corrected chi connectivity index (χ0v) is 19.5. The Morgan fingerprint density at radius 2 is 1.84 bits per heavy atom.